The van der Waals surface area contributed by atoms with Crippen LogP contribution in [0.3, 0.4) is 0 Å². The van der Waals surface area contributed by atoms with Crippen LogP contribution < -0.4 is 5.73 Å². The molecule has 96 valence electrons. The predicted molar refractivity (Wildman–Crippen MR) is 67.8 cm³/mol. The minimum absolute atomic E-state index is 0.112. The van der Waals surface area contributed by atoms with Crippen LogP contribution in [-0.4, -0.2) is 40.8 Å². The SMILES string of the molecule is CCC(COC)n1nnc(C(N)=S)c1COC. The first-order valence-electron chi connectivity index (χ1n) is 5.37. The molecule has 1 unspecified atom stereocenters. The highest BCUT2D eigenvalue weighted by Gasteiger charge is 2.20. The van der Waals surface area contributed by atoms with E-state index in [1.165, 1.54) is 0 Å². The molecule has 0 radical (unpaired) electrons. The minimum atomic E-state index is 0.112. The molecule has 0 aromatic carbocycles. The summed E-state index contributed by atoms with van der Waals surface area (Å²) in [5.41, 5.74) is 6.92. The monoisotopic (exact) mass is 258 g/mol. The van der Waals surface area contributed by atoms with Gasteiger partial charge in [0.15, 0.2) is 0 Å². The van der Waals surface area contributed by atoms with Gasteiger partial charge in [-0.3, -0.25) is 0 Å². The normalized spacial score (nSPS) is 12.6. The Morgan fingerprint density at radius 2 is 2.18 bits per heavy atom. The van der Waals surface area contributed by atoms with E-state index in [1.807, 2.05) is 0 Å². The summed E-state index contributed by atoms with van der Waals surface area (Å²) in [7, 11) is 3.27. The van der Waals surface area contributed by atoms with Gasteiger partial charge in [0.25, 0.3) is 0 Å². The second kappa shape index (κ2) is 6.63. The Balaban J connectivity index is 3.09. The number of methoxy groups -OCH3 is 2. The minimum Gasteiger partial charge on any atom is -0.388 e. The summed E-state index contributed by atoms with van der Waals surface area (Å²) in [6.45, 7) is 3.00. The second-order valence-electron chi connectivity index (χ2n) is 3.64. The standard InChI is InChI=1S/C10H18N4O2S/c1-4-7(5-15-2)14-8(6-16-3)9(10(11)17)12-13-14/h7H,4-6H2,1-3H3,(H2,11,17). The summed E-state index contributed by atoms with van der Waals surface area (Å²) >= 11 is 4.94. The van der Waals surface area contributed by atoms with Gasteiger partial charge in [-0.05, 0) is 6.42 Å². The summed E-state index contributed by atoms with van der Waals surface area (Å²) in [4.78, 5) is 0.232. The molecular formula is C10H18N4O2S. The third-order valence-corrected chi connectivity index (χ3v) is 2.67. The molecular weight excluding hydrogens is 240 g/mol. The van der Waals surface area contributed by atoms with E-state index < -0.39 is 0 Å². The number of ether oxygens (including phenoxy) is 2. The zero-order valence-electron chi connectivity index (χ0n) is 10.3. The highest BCUT2D eigenvalue weighted by atomic mass is 32.1. The zero-order chi connectivity index (χ0) is 12.8. The molecule has 1 aromatic rings. The number of thiocarbonyl (C=S) groups is 1. The Morgan fingerprint density at radius 1 is 1.47 bits per heavy atom. The number of aromatic nitrogens is 3. The first-order chi connectivity index (χ1) is 8.15. The highest BCUT2D eigenvalue weighted by molar-refractivity contribution is 7.80. The molecule has 17 heavy (non-hydrogen) atoms. The van der Waals surface area contributed by atoms with Gasteiger partial charge in [0.1, 0.15) is 10.7 Å². The molecule has 0 amide bonds. The molecule has 7 heteroatoms. The van der Waals surface area contributed by atoms with Crippen molar-refractivity contribution in [3.63, 3.8) is 0 Å². The molecule has 1 atom stereocenters. The average molecular weight is 258 g/mol. The van der Waals surface area contributed by atoms with Crippen molar-refractivity contribution >= 4 is 17.2 Å². The van der Waals surface area contributed by atoms with Crippen LogP contribution in [0.2, 0.25) is 0 Å². The second-order valence-corrected chi connectivity index (χ2v) is 4.08. The maximum absolute atomic E-state index is 5.60. The summed E-state index contributed by atoms with van der Waals surface area (Å²) in [5, 5.41) is 8.08. The molecule has 0 aliphatic carbocycles. The van der Waals surface area contributed by atoms with Crippen molar-refractivity contribution < 1.29 is 9.47 Å². The number of hydrogen-bond donors (Lipinski definition) is 1. The van der Waals surface area contributed by atoms with Crippen molar-refractivity contribution in [1.82, 2.24) is 15.0 Å². The summed E-state index contributed by atoms with van der Waals surface area (Å²) < 4.78 is 12.1. The van der Waals surface area contributed by atoms with Crippen molar-refractivity contribution in [2.75, 3.05) is 20.8 Å². The lowest BCUT2D eigenvalue weighted by atomic mass is 10.2. The fourth-order valence-corrected chi connectivity index (χ4v) is 1.78. The van der Waals surface area contributed by atoms with Gasteiger partial charge in [-0.2, -0.15) is 0 Å². The van der Waals surface area contributed by atoms with Crippen molar-refractivity contribution in [1.29, 1.82) is 0 Å². The Hall–Kier alpha value is -1.05. The quantitative estimate of drug-likeness (QED) is 0.724. The van der Waals surface area contributed by atoms with E-state index in [0.29, 0.717) is 18.9 Å². The van der Waals surface area contributed by atoms with E-state index in [-0.39, 0.29) is 11.0 Å². The fourth-order valence-electron chi connectivity index (χ4n) is 1.62. The van der Waals surface area contributed by atoms with Gasteiger partial charge in [-0.25, -0.2) is 4.68 Å². The van der Waals surface area contributed by atoms with Gasteiger partial charge in [0, 0.05) is 14.2 Å². The first-order valence-corrected chi connectivity index (χ1v) is 5.78. The average Bonchev–Trinajstić information content (AvgIpc) is 2.70. The largest absolute Gasteiger partial charge is 0.388 e. The van der Waals surface area contributed by atoms with Crippen molar-refractivity contribution in [3.05, 3.63) is 11.4 Å². The Bertz CT molecular complexity index is 380. The maximum atomic E-state index is 5.60. The molecule has 2 N–H and O–H groups in total. The van der Waals surface area contributed by atoms with Crippen LogP contribution in [0.25, 0.3) is 0 Å². The number of nitrogens with zero attached hydrogens (tertiary/aromatic N) is 3. The lowest BCUT2D eigenvalue weighted by Gasteiger charge is -2.16. The summed E-state index contributed by atoms with van der Waals surface area (Å²) in [6.07, 6.45) is 0.880. The van der Waals surface area contributed by atoms with E-state index >= 15 is 0 Å². The van der Waals surface area contributed by atoms with Gasteiger partial charge >= 0.3 is 0 Å². The first kappa shape index (κ1) is 14.0. The smallest absolute Gasteiger partial charge is 0.145 e. The van der Waals surface area contributed by atoms with Crippen LogP contribution in [0.4, 0.5) is 0 Å². The van der Waals surface area contributed by atoms with E-state index in [2.05, 4.69) is 17.2 Å². The van der Waals surface area contributed by atoms with Crippen LogP contribution in [-0.2, 0) is 16.1 Å². The van der Waals surface area contributed by atoms with Crippen LogP contribution in [0.1, 0.15) is 30.8 Å². The van der Waals surface area contributed by atoms with Crippen molar-refractivity contribution in [2.24, 2.45) is 5.73 Å². The molecule has 0 saturated heterocycles. The van der Waals surface area contributed by atoms with Crippen molar-refractivity contribution in [3.8, 4) is 0 Å². The van der Waals surface area contributed by atoms with Gasteiger partial charge in [0.2, 0.25) is 0 Å². The summed E-state index contributed by atoms with van der Waals surface area (Å²) in [5.74, 6) is 0. The van der Waals surface area contributed by atoms with Crippen LogP contribution in [0.5, 0.6) is 0 Å². The Kier molecular flexibility index (Phi) is 5.46. The van der Waals surface area contributed by atoms with E-state index in [9.17, 15) is 0 Å². The fraction of sp³-hybridized carbons (Fsp3) is 0.700. The van der Waals surface area contributed by atoms with E-state index in [1.54, 1.807) is 18.9 Å². The number of rotatable bonds is 7. The van der Waals surface area contributed by atoms with E-state index in [0.717, 1.165) is 12.1 Å². The third-order valence-electron chi connectivity index (χ3n) is 2.48. The molecule has 0 fully saturated rings. The number of nitrogens with two attached hydrogens (primary N) is 1. The molecule has 0 aliphatic rings. The molecule has 1 heterocycles. The van der Waals surface area contributed by atoms with Gasteiger partial charge < -0.3 is 15.2 Å². The summed E-state index contributed by atoms with van der Waals surface area (Å²) in [6, 6.07) is 0.112. The third kappa shape index (κ3) is 3.21. The van der Waals surface area contributed by atoms with Gasteiger partial charge in [0.05, 0.1) is 24.9 Å². The molecule has 0 spiro atoms. The molecule has 1 aromatic heterocycles. The lowest BCUT2D eigenvalue weighted by Crippen LogP contribution is -2.20. The molecule has 0 bridgehead atoms. The highest BCUT2D eigenvalue weighted by Crippen LogP contribution is 2.16. The van der Waals surface area contributed by atoms with Crippen LogP contribution in [0, 0.1) is 0 Å². The van der Waals surface area contributed by atoms with Crippen LogP contribution in [0.15, 0.2) is 0 Å². The maximum Gasteiger partial charge on any atom is 0.145 e. The molecule has 1 rings (SSSR count). The predicted octanol–water partition coefficient (Wildman–Crippen LogP) is 0.656. The van der Waals surface area contributed by atoms with Crippen LogP contribution >= 0.6 is 12.2 Å². The molecule has 0 saturated carbocycles. The molecule has 0 aliphatic heterocycles. The van der Waals surface area contributed by atoms with Gasteiger partial charge in [-0.1, -0.05) is 24.4 Å². The van der Waals surface area contributed by atoms with Crippen molar-refractivity contribution in [2.45, 2.75) is 26.0 Å². The number of hydrogen-bond acceptors (Lipinski definition) is 5. The molecule has 6 nitrogen and oxygen atoms in total. The zero-order valence-corrected chi connectivity index (χ0v) is 11.2. The lowest BCUT2D eigenvalue weighted by molar-refractivity contribution is 0.133. The topological polar surface area (TPSA) is 75.2 Å². The Labute approximate surface area is 106 Å². The van der Waals surface area contributed by atoms with E-state index in [4.69, 9.17) is 27.4 Å². The Morgan fingerprint density at radius 3 is 2.65 bits per heavy atom. The van der Waals surface area contributed by atoms with Gasteiger partial charge in [-0.15, -0.1) is 5.10 Å².